The van der Waals surface area contributed by atoms with E-state index in [-0.39, 0.29) is 11.8 Å². The Morgan fingerprint density at radius 3 is 2.32 bits per heavy atom. The van der Waals surface area contributed by atoms with Crippen molar-refractivity contribution in [3.8, 4) is 0 Å². The molecule has 0 aromatic rings. The number of nitrogens with one attached hydrogen (secondary N) is 1. The van der Waals surface area contributed by atoms with Crippen LogP contribution >= 0.6 is 0 Å². The molecule has 3 aliphatic heterocycles. The quantitative estimate of drug-likeness (QED) is 0.813. The number of aliphatic imine (C=N–C) groups is 1. The number of nitrogens with zero attached hydrogens (tertiary/aromatic N) is 4. The molecular formula is C18H31N5O2. The van der Waals surface area contributed by atoms with Gasteiger partial charge in [0, 0.05) is 52.2 Å². The summed E-state index contributed by atoms with van der Waals surface area (Å²) in [6.07, 6.45) is 3.65. The molecular weight excluding hydrogens is 318 g/mol. The van der Waals surface area contributed by atoms with Crippen molar-refractivity contribution in [2.24, 2.45) is 4.99 Å². The molecule has 1 N–H and O–H groups in total. The van der Waals surface area contributed by atoms with Gasteiger partial charge < -0.3 is 14.7 Å². The van der Waals surface area contributed by atoms with Crippen LogP contribution in [0.1, 0.15) is 46.5 Å². The molecule has 7 heteroatoms. The fourth-order valence-electron chi connectivity index (χ4n) is 4.32. The van der Waals surface area contributed by atoms with Gasteiger partial charge >= 0.3 is 0 Å². The second-order valence-corrected chi connectivity index (χ2v) is 7.37. The number of guanidine groups is 1. The zero-order valence-corrected chi connectivity index (χ0v) is 15.8. The maximum atomic E-state index is 12.6. The number of amides is 2. The van der Waals surface area contributed by atoms with E-state index in [2.05, 4.69) is 29.0 Å². The lowest BCUT2D eigenvalue weighted by atomic mass is 9.86. The fraction of sp³-hybridized carbons (Fsp3) is 0.833. The summed E-state index contributed by atoms with van der Waals surface area (Å²) in [6.45, 7) is 11.0. The van der Waals surface area contributed by atoms with E-state index in [0.717, 1.165) is 70.9 Å². The first-order valence-corrected chi connectivity index (χ1v) is 9.65. The Hall–Kier alpha value is -1.63. The largest absolute Gasteiger partial charge is 0.343 e. The van der Waals surface area contributed by atoms with E-state index in [1.807, 2.05) is 4.90 Å². The van der Waals surface area contributed by atoms with Crippen molar-refractivity contribution in [3.05, 3.63) is 0 Å². The average molecular weight is 349 g/mol. The molecule has 0 aromatic carbocycles. The summed E-state index contributed by atoms with van der Waals surface area (Å²) in [6, 6.07) is 0.531. The molecule has 3 aliphatic rings. The van der Waals surface area contributed by atoms with E-state index in [4.69, 9.17) is 4.99 Å². The second kappa shape index (κ2) is 7.32. The van der Waals surface area contributed by atoms with Crippen LogP contribution in [0.3, 0.4) is 0 Å². The number of hydrogen-bond acceptors (Lipinski definition) is 5. The SMILES string of the molecule is CCN(CC)C1=NC2(CCN(C3CCN(C(C)=O)CC3)CC2)C(=O)N1. The van der Waals surface area contributed by atoms with Gasteiger partial charge in [0.25, 0.3) is 5.91 Å². The molecule has 1 spiro atoms. The van der Waals surface area contributed by atoms with Crippen LogP contribution in [0.4, 0.5) is 0 Å². The third kappa shape index (κ3) is 3.52. The van der Waals surface area contributed by atoms with Crippen molar-refractivity contribution < 1.29 is 9.59 Å². The number of piperidine rings is 2. The molecule has 25 heavy (non-hydrogen) atoms. The molecule has 7 nitrogen and oxygen atoms in total. The topological polar surface area (TPSA) is 68.2 Å². The summed E-state index contributed by atoms with van der Waals surface area (Å²) in [5.41, 5.74) is -0.561. The van der Waals surface area contributed by atoms with Gasteiger partial charge in [-0.25, -0.2) is 4.99 Å². The minimum Gasteiger partial charge on any atom is -0.343 e. The molecule has 140 valence electrons. The van der Waals surface area contributed by atoms with Crippen molar-refractivity contribution in [2.45, 2.75) is 58.0 Å². The number of likely N-dealkylation sites (tertiary alicyclic amines) is 2. The summed E-state index contributed by atoms with van der Waals surface area (Å²) in [5, 5.41) is 3.00. The first-order chi connectivity index (χ1) is 12.0. The Kier molecular flexibility index (Phi) is 5.32. The smallest absolute Gasteiger partial charge is 0.254 e. The van der Waals surface area contributed by atoms with Gasteiger partial charge in [-0.2, -0.15) is 0 Å². The summed E-state index contributed by atoms with van der Waals surface area (Å²) >= 11 is 0. The van der Waals surface area contributed by atoms with E-state index < -0.39 is 5.54 Å². The van der Waals surface area contributed by atoms with Crippen molar-refractivity contribution >= 4 is 17.8 Å². The maximum absolute atomic E-state index is 12.6. The van der Waals surface area contributed by atoms with Crippen LogP contribution in [-0.2, 0) is 9.59 Å². The van der Waals surface area contributed by atoms with Crippen LogP contribution in [0, 0.1) is 0 Å². The number of rotatable bonds is 3. The zero-order chi connectivity index (χ0) is 18.0. The normalized spacial score (nSPS) is 24.4. The highest BCUT2D eigenvalue weighted by atomic mass is 16.2. The molecule has 3 heterocycles. The molecule has 0 radical (unpaired) electrons. The molecule has 2 saturated heterocycles. The van der Waals surface area contributed by atoms with E-state index in [1.54, 1.807) is 6.92 Å². The molecule has 0 atom stereocenters. The highest BCUT2D eigenvalue weighted by Gasteiger charge is 2.47. The molecule has 3 rings (SSSR count). The predicted octanol–water partition coefficient (Wildman–Crippen LogP) is 0.660. The minimum absolute atomic E-state index is 0.0699. The first kappa shape index (κ1) is 18.2. The van der Waals surface area contributed by atoms with Crippen LogP contribution in [0.25, 0.3) is 0 Å². The molecule has 0 saturated carbocycles. The Labute approximate surface area is 150 Å². The highest BCUT2D eigenvalue weighted by molar-refractivity contribution is 6.07. The standard InChI is InChI=1S/C18H31N5O2/c1-4-21(5-2)17-19-16(25)18(20-17)8-12-23(13-9-18)15-6-10-22(11-7-15)14(3)24/h15H,4-13H2,1-3H3,(H,19,20,25). The van der Waals surface area contributed by atoms with Crippen molar-refractivity contribution in [2.75, 3.05) is 39.3 Å². The number of carbonyl (C=O) groups excluding carboxylic acids is 2. The maximum Gasteiger partial charge on any atom is 0.254 e. The Morgan fingerprint density at radius 2 is 1.80 bits per heavy atom. The molecule has 2 amide bonds. The molecule has 0 bridgehead atoms. The molecule has 2 fully saturated rings. The summed E-state index contributed by atoms with van der Waals surface area (Å²) in [5.74, 6) is 0.996. The third-order valence-electron chi connectivity index (χ3n) is 6.08. The monoisotopic (exact) mass is 349 g/mol. The lowest BCUT2D eigenvalue weighted by Gasteiger charge is -2.43. The van der Waals surface area contributed by atoms with Gasteiger partial charge in [0.2, 0.25) is 11.9 Å². The van der Waals surface area contributed by atoms with Gasteiger partial charge in [-0.1, -0.05) is 0 Å². The highest BCUT2D eigenvalue weighted by Crippen LogP contribution is 2.32. The molecule has 0 aromatic heterocycles. The summed E-state index contributed by atoms with van der Waals surface area (Å²) < 4.78 is 0. The van der Waals surface area contributed by atoms with Crippen LogP contribution in [0.2, 0.25) is 0 Å². The lowest BCUT2D eigenvalue weighted by molar-refractivity contribution is -0.131. The van der Waals surface area contributed by atoms with Crippen LogP contribution in [-0.4, -0.2) is 83.3 Å². The van der Waals surface area contributed by atoms with Crippen molar-refractivity contribution in [1.29, 1.82) is 0 Å². The Bertz CT molecular complexity index is 542. The van der Waals surface area contributed by atoms with Crippen molar-refractivity contribution in [3.63, 3.8) is 0 Å². The Morgan fingerprint density at radius 1 is 1.20 bits per heavy atom. The van der Waals surface area contributed by atoms with E-state index in [9.17, 15) is 9.59 Å². The number of carbonyl (C=O) groups is 2. The van der Waals surface area contributed by atoms with Gasteiger partial charge in [0.1, 0.15) is 5.54 Å². The van der Waals surface area contributed by atoms with Crippen LogP contribution < -0.4 is 5.32 Å². The van der Waals surface area contributed by atoms with E-state index in [1.165, 1.54) is 0 Å². The second-order valence-electron chi connectivity index (χ2n) is 7.37. The first-order valence-electron chi connectivity index (χ1n) is 9.65. The van der Waals surface area contributed by atoms with E-state index >= 15 is 0 Å². The van der Waals surface area contributed by atoms with E-state index in [0.29, 0.717) is 6.04 Å². The van der Waals surface area contributed by atoms with Crippen LogP contribution in [0.15, 0.2) is 4.99 Å². The van der Waals surface area contributed by atoms with Gasteiger partial charge in [-0.15, -0.1) is 0 Å². The van der Waals surface area contributed by atoms with Gasteiger partial charge in [0.15, 0.2) is 0 Å². The molecule has 0 unspecified atom stereocenters. The Balaban J connectivity index is 1.58. The lowest BCUT2D eigenvalue weighted by Crippen LogP contribution is -2.54. The fourth-order valence-corrected chi connectivity index (χ4v) is 4.32. The summed E-state index contributed by atoms with van der Waals surface area (Å²) in [7, 11) is 0. The van der Waals surface area contributed by atoms with Gasteiger partial charge in [-0.3, -0.25) is 14.9 Å². The zero-order valence-electron chi connectivity index (χ0n) is 15.8. The van der Waals surface area contributed by atoms with Gasteiger partial charge in [0.05, 0.1) is 0 Å². The molecule has 0 aliphatic carbocycles. The number of hydrogen-bond donors (Lipinski definition) is 1. The van der Waals surface area contributed by atoms with Crippen LogP contribution in [0.5, 0.6) is 0 Å². The third-order valence-corrected chi connectivity index (χ3v) is 6.08. The minimum atomic E-state index is -0.561. The van der Waals surface area contributed by atoms with Gasteiger partial charge in [-0.05, 0) is 39.5 Å². The summed E-state index contributed by atoms with van der Waals surface area (Å²) in [4.78, 5) is 35.4. The predicted molar refractivity (Wildman–Crippen MR) is 97.3 cm³/mol. The average Bonchev–Trinajstić information content (AvgIpc) is 2.93. The van der Waals surface area contributed by atoms with Crippen molar-refractivity contribution in [1.82, 2.24) is 20.0 Å².